The van der Waals surface area contributed by atoms with E-state index in [9.17, 15) is 0 Å². The molecule has 0 radical (unpaired) electrons. The van der Waals surface area contributed by atoms with E-state index in [1.165, 1.54) is 16.3 Å². The smallest absolute Gasteiger partial charge is 0.0949 e. The number of hydrogen-bond donors (Lipinski definition) is 1. The largest absolute Gasteiger partial charge is 0.372 e. The number of likely N-dealkylation sites (N-methyl/N-ethyl adjacent to an activating group) is 1. The zero-order chi connectivity index (χ0) is 12.1. The third kappa shape index (κ3) is 2.84. The SMILES string of the molecule is CCO[C@@H](CNC)c1ccc2ccccc2c1. The van der Waals surface area contributed by atoms with Gasteiger partial charge in [0.05, 0.1) is 6.10 Å². The van der Waals surface area contributed by atoms with E-state index < -0.39 is 0 Å². The van der Waals surface area contributed by atoms with Crippen molar-refractivity contribution >= 4 is 10.8 Å². The molecule has 0 aromatic heterocycles. The molecule has 0 unspecified atom stereocenters. The zero-order valence-electron chi connectivity index (χ0n) is 10.4. The molecule has 0 aliphatic heterocycles. The molecule has 1 atom stereocenters. The van der Waals surface area contributed by atoms with Gasteiger partial charge in [0.15, 0.2) is 0 Å². The van der Waals surface area contributed by atoms with Crippen molar-refractivity contribution in [2.75, 3.05) is 20.2 Å². The number of ether oxygens (including phenoxy) is 1. The van der Waals surface area contributed by atoms with Crippen LogP contribution in [0.15, 0.2) is 42.5 Å². The van der Waals surface area contributed by atoms with Gasteiger partial charge in [0.1, 0.15) is 0 Å². The molecule has 2 rings (SSSR count). The Morgan fingerprint density at radius 3 is 2.59 bits per heavy atom. The second-order valence-corrected chi connectivity index (χ2v) is 4.11. The molecular weight excluding hydrogens is 210 g/mol. The van der Waals surface area contributed by atoms with Crippen LogP contribution in [0.25, 0.3) is 10.8 Å². The van der Waals surface area contributed by atoms with Crippen LogP contribution in [0.3, 0.4) is 0 Å². The van der Waals surface area contributed by atoms with Crippen LogP contribution in [0.4, 0.5) is 0 Å². The minimum atomic E-state index is 0.134. The number of fused-ring (bicyclic) bond motifs is 1. The molecule has 0 aliphatic carbocycles. The molecule has 0 saturated carbocycles. The summed E-state index contributed by atoms with van der Waals surface area (Å²) in [6, 6.07) is 14.9. The first kappa shape index (κ1) is 12.1. The Morgan fingerprint density at radius 2 is 1.88 bits per heavy atom. The fraction of sp³-hybridized carbons (Fsp3) is 0.333. The predicted octanol–water partition coefficient (Wildman–Crippen LogP) is 3.14. The fourth-order valence-electron chi connectivity index (χ4n) is 2.07. The summed E-state index contributed by atoms with van der Waals surface area (Å²) in [5, 5.41) is 5.72. The molecule has 2 aromatic rings. The minimum Gasteiger partial charge on any atom is -0.372 e. The lowest BCUT2D eigenvalue weighted by Gasteiger charge is -2.17. The topological polar surface area (TPSA) is 21.3 Å². The third-order valence-electron chi connectivity index (χ3n) is 2.90. The van der Waals surface area contributed by atoms with Gasteiger partial charge in [0.25, 0.3) is 0 Å². The molecule has 2 heteroatoms. The Bertz CT molecular complexity index is 475. The van der Waals surface area contributed by atoms with Crippen LogP contribution >= 0.6 is 0 Å². The number of hydrogen-bond acceptors (Lipinski definition) is 2. The maximum Gasteiger partial charge on any atom is 0.0949 e. The highest BCUT2D eigenvalue weighted by Crippen LogP contribution is 2.22. The van der Waals surface area contributed by atoms with Crippen molar-refractivity contribution in [1.82, 2.24) is 5.32 Å². The van der Waals surface area contributed by atoms with Crippen LogP contribution in [0.5, 0.6) is 0 Å². The van der Waals surface area contributed by atoms with Crippen molar-refractivity contribution in [3.05, 3.63) is 48.0 Å². The monoisotopic (exact) mass is 229 g/mol. The lowest BCUT2D eigenvalue weighted by molar-refractivity contribution is 0.0639. The number of benzene rings is 2. The van der Waals surface area contributed by atoms with Crippen LogP contribution in [-0.4, -0.2) is 20.2 Å². The molecule has 0 amide bonds. The summed E-state index contributed by atoms with van der Waals surface area (Å²) >= 11 is 0. The minimum absolute atomic E-state index is 0.134. The Kier molecular flexibility index (Phi) is 4.13. The Labute approximate surface area is 103 Å². The fourth-order valence-corrected chi connectivity index (χ4v) is 2.07. The second-order valence-electron chi connectivity index (χ2n) is 4.11. The van der Waals surface area contributed by atoms with Gasteiger partial charge in [-0.25, -0.2) is 0 Å². The predicted molar refractivity (Wildman–Crippen MR) is 72.2 cm³/mol. The van der Waals surface area contributed by atoms with Gasteiger partial charge in [-0.05, 0) is 36.4 Å². The zero-order valence-corrected chi connectivity index (χ0v) is 10.4. The molecular formula is C15H19NO. The van der Waals surface area contributed by atoms with Crippen LogP contribution < -0.4 is 5.32 Å². The van der Waals surface area contributed by atoms with Gasteiger partial charge in [-0.2, -0.15) is 0 Å². The summed E-state index contributed by atoms with van der Waals surface area (Å²) in [7, 11) is 1.95. The van der Waals surface area contributed by atoms with E-state index in [4.69, 9.17) is 4.74 Å². The summed E-state index contributed by atoms with van der Waals surface area (Å²) in [5.41, 5.74) is 1.24. The standard InChI is InChI=1S/C15H19NO/c1-3-17-15(11-16-2)14-9-8-12-6-4-5-7-13(12)10-14/h4-10,15-16H,3,11H2,1-2H3/t15-/m0/s1. The quantitative estimate of drug-likeness (QED) is 0.850. The lowest BCUT2D eigenvalue weighted by Crippen LogP contribution is -2.19. The molecule has 0 heterocycles. The highest BCUT2D eigenvalue weighted by Gasteiger charge is 2.10. The Balaban J connectivity index is 2.32. The molecule has 0 saturated heterocycles. The van der Waals surface area contributed by atoms with Gasteiger partial charge in [-0.15, -0.1) is 0 Å². The van der Waals surface area contributed by atoms with Crippen molar-refractivity contribution in [1.29, 1.82) is 0 Å². The number of nitrogens with one attached hydrogen (secondary N) is 1. The van der Waals surface area contributed by atoms with Gasteiger partial charge in [0, 0.05) is 13.2 Å². The van der Waals surface area contributed by atoms with Gasteiger partial charge < -0.3 is 10.1 Å². The summed E-state index contributed by atoms with van der Waals surface area (Å²) in [6.45, 7) is 3.61. The average molecular weight is 229 g/mol. The summed E-state index contributed by atoms with van der Waals surface area (Å²) < 4.78 is 5.75. The van der Waals surface area contributed by atoms with Crippen LogP contribution in [0.1, 0.15) is 18.6 Å². The molecule has 0 bridgehead atoms. The van der Waals surface area contributed by atoms with Crippen LogP contribution in [0.2, 0.25) is 0 Å². The Hall–Kier alpha value is -1.38. The summed E-state index contributed by atoms with van der Waals surface area (Å²) in [6.07, 6.45) is 0.134. The first-order valence-electron chi connectivity index (χ1n) is 6.10. The maximum absolute atomic E-state index is 5.75. The van der Waals surface area contributed by atoms with E-state index in [1.54, 1.807) is 0 Å². The molecule has 0 aliphatic rings. The molecule has 90 valence electrons. The van der Waals surface area contributed by atoms with E-state index in [-0.39, 0.29) is 6.10 Å². The van der Waals surface area contributed by atoms with Crippen LogP contribution in [0, 0.1) is 0 Å². The molecule has 2 aromatic carbocycles. The van der Waals surface area contributed by atoms with Gasteiger partial charge in [-0.3, -0.25) is 0 Å². The Morgan fingerprint density at radius 1 is 1.12 bits per heavy atom. The second kappa shape index (κ2) is 5.80. The summed E-state index contributed by atoms with van der Waals surface area (Å²) in [5.74, 6) is 0. The van der Waals surface area contributed by atoms with Gasteiger partial charge >= 0.3 is 0 Å². The van der Waals surface area contributed by atoms with Crippen molar-refractivity contribution in [2.45, 2.75) is 13.0 Å². The van der Waals surface area contributed by atoms with E-state index in [0.29, 0.717) is 0 Å². The molecule has 1 N–H and O–H groups in total. The highest BCUT2D eigenvalue weighted by atomic mass is 16.5. The van der Waals surface area contributed by atoms with Gasteiger partial charge in [-0.1, -0.05) is 36.4 Å². The average Bonchev–Trinajstić information content (AvgIpc) is 2.38. The van der Waals surface area contributed by atoms with Crippen molar-refractivity contribution < 1.29 is 4.74 Å². The molecule has 0 fully saturated rings. The van der Waals surface area contributed by atoms with Crippen LogP contribution in [-0.2, 0) is 4.74 Å². The van der Waals surface area contributed by atoms with E-state index in [1.807, 2.05) is 14.0 Å². The maximum atomic E-state index is 5.75. The lowest BCUT2D eigenvalue weighted by atomic mass is 10.0. The normalized spacial score (nSPS) is 12.8. The van der Waals surface area contributed by atoms with Crippen molar-refractivity contribution in [3.8, 4) is 0 Å². The first-order chi connectivity index (χ1) is 8.35. The van der Waals surface area contributed by atoms with Crippen molar-refractivity contribution in [3.63, 3.8) is 0 Å². The number of rotatable bonds is 5. The molecule has 2 nitrogen and oxygen atoms in total. The molecule has 17 heavy (non-hydrogen) atoms. The van der Waals surface area contributed by atoms with Crippen molar-refractivity contribution in [2.24, 2.45) is 0 Å². The van der Waals surface area contributed by atoms with E-state index in [0.717, 1.165) is 13.2 Å². The van der Waals surface area contributed by atoms with E-state index >= 15 is 0 Å². The van der Waals surface area contributed by atoms with E-state index in [2.05, 4.69) is 47.8 Å². The van der Waals surface area contributed by atoms with Gasteiger partial charge in [0.2, 0.25) is 0 Å². The highest BCUT2D eigenvalue weighted by molar-refractivity contribution is 5.83. The summed E-state index contributed by atoms with van der Waals surface area (Å²) in [4.78, 5) is 0. The molecule has 0 spiro atoms. The first-order valence-corrected chi connectivity index (χ1v) is 6.10. The third-order valence-corrected chi connectivity index (χ3v) is 2.90.